The van der Waals surface area contributed by atoms with Gasteiger partial charge in [-0.2, -0.15) is 0 Å². The van der Waals surface area contributed by atoms with Gasteiger partial charge in [-0.15, -0.1) is 0 Å². The van der Waals surface area contributed by atoms with E-state index in [9.17, 15) is 0 Å². The number of aliphatic imine (C=N–C) groups is 2. The Labute approximate surface area is 372 Å². The van der Waals surface area contributed by atoms with Gasteiger partial charge >= 0.3 is 0 Å². The molecule has 4 aromatic heterocycles. The van der Waals surface area contributed by atoms with Crippen LogP contribution in [0, 0.1) is 5.92 Å². The lowest BCUT2D eigenvalue weighted by molar-refractivity contribution is 0.667. The number of fused-ring (bicyclic) bond motifs is 13. The molecule has 13 aromatic rings. The third-order valence-corrected chi connectivity index (χ3v) is 13.6. The Balaban J connectivity index is 1.11. The maximum atomic E-state index is 6.78. The van der Waals surface area contributed by atoms with Crippen LogP contribution in [0.2, 0.25) is 0 Å². The smallest absolute Gasteiger partial charge is 0.165 e. The van der Waals surface area contributed by atoms with Crippen LogP contribution in [0.1, 0.15) is 24.5 Å². The Morgan fingerprint density at radius 1 is 0.462 bits per heavy atom. The maximum absolute atomic E-state index is 6.78. The lowest BCUT2D eigenvalue weighted by Gasteiger charge is -2.22. The summed E-state index contributed by atoms with van der Waals surface area (Å²) in [6.07, 6.45) is 3.01. The molecule has 0 N–H and O–H groups in total. The second-order valence-electron chi connectivity index (χ2n) is 17.3. The molecule has 0 saturated heterocycles. The number of aromatic nitrogens is 2. The SMILES string of the molecule is CC1C/C=C(c2c(-n3c4ccccc4c4cc5ccccc5cc43)ccc3oc4ccccc4c23)/N=C(c2cccc3c2oc2ccccc23)\N=C/1n1c2ccccc2c2ccccc21. The van der Waals surface area contributed by atoms with Gasteiger partial charge in [-0.1, -0.05) is 140 Å². The van der Waals surface area contributed by atoms with Crippen molar-refractivity contribution >= 4 is 116 Å². The molecular weight excluding hydrogens is 797 g/mol. The highest BCUT2D eigenvalue weighted by Gasteiger charge is 2.27. The first-order chi connectivity index (χ1) is 32.2. The normalized spacial score (nSPS) is 17.3. The van der Waals surface area contributed by atoms with Gasteiger partial charge in [0.2, 0.25) is 0 Å². The minimum atomic E-state index is -0.0204. The number of benzene rings is 9. The third-order valence-electron chi connectivity index (χ3n) is 13.6. The van der Waals surface area contributed by atoms with Crippen molar-refractivity contribution < 1.29 is 8.83 Å². The monoisotopic (exact) mass is 834 g/mol. The van der Waals surface area contributed by atoms with Crippen LogP contribution in [-0.2, 0) is 0 Å². The topological polar surface area (TPSA) is 60.9 Å². The van der Waals surface area contributed by atoms with E-state index < -0.39 is 0 Å². The molecule has 0 amide bonds. The summed E-state index contributed by atoms with van der Waals surface area (Å²) in [4.78, 5) is 11.6. The number of furan rings is 2. The van der Waals surface area contributed by atoms with E-state index >= 15 is 0 Å². The maximum Gasteiger partial charge on any atom is 0.165 e. The van der Waals surface area contributed by atoms with Crippen molar-refractivity contribution in [2.24, 2.45) is 15.9 Å². The highest BCUT2D eigenvalue weighted by molar-refractivity contribution is 6.23. The van der Waals surface area contributed by atoms with Gasteiger partial charge in [-0.25, -0.2) is 9.98 Å². The Morgan fingerprint density at radius 3 is 1.78 bits per heavy atom. The van der Waals surface area contributed by atoms with E-state index in [2.05, 4.69) is 192 Å². The molecule has 0 saturated carbocycles. The summed E-state index contributed by atoms with van der Waals surface area (Å²) in [5.41, 5.74) is 11.3. The van der Waals surface area contributed by atoms with Crippen LogP contribution in [0.15, 0.2) is 213 Å². The number of allylic oxidation sites excluding steroid dienone is 1. The fourth-order valence-electron chi connectivity index (χ4n) is 10.6. The van der Waals surface area contributed by atoms with Crippen molar-refractivity contribution in [2.45, 2.75) is 13.3 Å². The minimum Gasteiger partial charge on any atom is -0.456 e. The average molecular weight is 835 g/mol. The van der Waals surface area contributed by atoms with Crippen LogP contribution in [-0.4, -0.2) is 20.8 Å². The summed E-state index contributed by atoms with van der Waals surface area (Å²) in [5.74, 6) is 1.48. The molecule has 65 heavy (non-hydrogen) atoms. The fraction of sp³-hybridized carbons (Fsp3) is 0.0508. The first-order valence-corrected chi connectivity index (χ1v) is 22.3. The van der Waals surface area contributed by atoms with Gasteiger partial charge in [-0.3, -0.25) is 4.57 Å². The van der Waals surface area contributed by atoms with E-state index in [-0.39, 0.29) is 5.92 Å². The molecule has 1 unspecified atom stereocenters. The predicted octanol–water partition coefficient (Wildman–Crippen LogP) is 15.6. The number of nitrogens with zero attached hydrogens (tertiary/aromatic N) is 4. The quantitative estimate of drug-likeness (QED) is 0.178. The van der Waals surface area contributed by atoms with Crippen LogP contribution in [0.5, 0.6) is 0 Å². The van der Waals surface area contributed by atoms with Crippen molar-refractivity contribution in [1.82, 2.24) is 9.13 Å². The third kappa shape index (κ3) is 5.28. The van der Waals surface area contributed by atoms with E-state index in [1.165, 1.54) is 32.3 Å². The summed E-state index contributed by atoms with van der Waals surface area (Å²) in [6, 6.07) is 66.6. The van der Waals surface area contributed by atoms with Crippen LogP contribution >= 0.6 is 0 Å². The summed E-state index contributed by atoms with van der Waals surface area (Å²) in [7, 11) is 0. The van der Waals surface area contributed by atoms with Crippen molar-refractivity contribution in [2.75, 3.05) is 0 Å². The Bertz CT molecular complexity index is 4190. The van der Waals surface area contributed by atoms with Gasteiger partial charge in [0.15, 0.2) is 5.84 Å². The number of hydrogen-bond acceptors (Lipinski definition) is 4. The van der Waals surface area contributed by atoms with Gasteiger partial charge in [0.25, 0.3) is 0 Å². The van der Waals surface area contributed by atoms with Gasteiger partial charge in [0, 0.05) is 54.6 Å². The molecule has 1 atom stereocenters. The first kappa shape index (κ1) is 36.0. The minimum absolute atomic E-state index is 0.0204. The second kappa shape index (κ2) is 13.8. The molecular formula is C59H38N4O2. The van der Waals surface area contributed by atoms with E-state index in [4.69, 9.17) is 18.8 Å². The Hall–Kier alpha value is -8.48. The molecule has 0 spiro atoms. The molecule has 1 aliphatic heterocycles. The van der Waals surface area contributed by atoms with Gasteiger partial charge in [0.05, 0.1) is 39.0 Å². The first-order valence-electron chi connectivity index (χ1n) is 22.3. The van der Waals surface area contributed by atoms with E-state index in [0.717, 1.165) is 94.3 Å². The van der Waals surface area contributed by atoms with Gasteiger partial charge < -0.3 is 13.4 Å². The Kier molecular flexibility index (Phi) is 7.63. The lowest BCUT2D eigenvalue weighted by Crippen LogP contribution is -2.23. The van der Waals surface area contributed by atoms with E-state index in [1.807, 2.05) is 18.2 Å². The summed E-state index contributed by atoms with van der Waals surface area (Å²) in [6.45, 7) is 2.29. The molecule has 9 aromatic carbocycles. The van der Waals surface area contributed by atoms with Crippen molar-refractivity contribution in [3.05, 3.63) is 205 Å². The van der Waals surface area contributed by atoms with E-state index in [1.54, 1.807) is 0 Å². The zero-order chi connectivity index (χ0) is 42.8. The zero-order valence-electron chi connectivity index (χ0n) is 35.4. The highest BCUT2D eigenvalue weighted by atomic mass is 16.3. The Morgan fingerprint density at radius 2 is 1.05 bits per heavy atom. The highest BCUT2D eigenvalue weighted by Crippen LogP contribution is 2.44. The number of rotatable bonds is 3. The fourth-order valence-corrected chi connectivity index (χ4v) is 10.6. The lowest BCUT2D eigenvalue weighted by atomic mass is 9.97. The number of amidine groups is 1. The molecule has 306 valence electrons. The van der Waals surface area contributed by atoms with Crippen molar-refractivity contribution in [3.63, 3.8) is 0 Å². The molecule has 0 aliphatic carbocycles. The van der Waals surface area contributed by atoms with Crippen molar-refractivity contribution in [3.8, 4) is 5.69 Å². The van der Waals surface area contributed by atoms with Crippen LogP contribution < -0.4 is 0 Å². The molecule has 1 aliphatic rings. The van der Waals surface area contributed by atoms with Crippen LogP contribution in [0.25, 0.3) is 110 Å². The number of para-hydroxylation sites is 6. The number of hydrogen-bond donors (Lipinski definition) is 0. The molecule has 0 bridgehead atoms. The van der Waals surface area contributed by atoms with Crippen molar-refractivity contribution in [1.29, 1.82) is 0 Å². The average Bonchev–Trinajstić information content (AvgIpc) is 4.10. The summed E-state index contributed by atoms with van der Waals surface area (Å²) >= 11 is 0. The summed E-state index contributed by atoms with van der Waals surface area (Å²) in [5, 5.41) is 11.3. The largest absolute Gasteiger partial charge is 0.456 e. The second-order valence-corrected chi connectivity index (χ2v) is 17.3. The van der Waals surface area contributed by atoms with Gasteiger partial charge in [-0.05, 0) is 77.9 Å². The molecule has 5 heterocycles. The molecule has 6 nitrogen and oxygen atoms in total. The summed E-state index contributed by atoms with van der Waals surface area (Å²) < 4.78 is 18.2. The molecule has 6 heteroatoms. The predicted molar refractivity (Wildman–Crippen MR) is 270 cm³/mol. The van der Waals surface area contributed by atoms with Crippen LogP contribution in [0.3, 0.4) is 0 Å². The van der Waals surface area contributed by atoms with E-state index in [0.29, 0.717) is 12.3 Å². The molecule has 0 radical (unpaired) electrons. The zero-order valence-corrected chi connectivity index (χ0v) is 35.4. The van der Waals surface area contributed by atoms with Gasteiger partial charge in [0.1, 0.15) is 28.2 Å². The molecule has 0 fully saturated rings. The van der Waals surface area contributed by atoms with Crippen LogP contribution in [0.4, 0.5) is 0 Å². The molecule has 14 rings (SSSR count). The standard InChI is InChI=1S/C59H38N4O2/c1-35-29-30-46(56-50(31-32-54-55(56)43-21-8-13-28-53(43)64-54)62-47-24-9-6-19-40(47)45-33-36-15-2-3-16-37(36)34-51(45)62)60-58(44-23-14-22-42-41-20-7-12-27-52(41)65-57(42)44)61-59(35)63-48-25-10-4-17-38(48)39-18-5-11-26-49(39)63/h2-28,30-35H,29H2,1H3/b46-30+,60-58-,61-59+.